The van der Waals surface area contributed by atoms with Gasteiger partial charge in [-0.15, -0.1) is 0 Å². The lowest BCUT2D eigenvalue weighted by Crippen LogP contribution is -2.40. The van der Waals surface area contributed by atoms with E-state index < -0.39 is 0 Å². The molecular weight excluding hydrogens is 284 g/mol. The maximum absolute atomic E-state index is 12.5. The summed E-state index contributed by atoms with van der Waals surface area (Å²) < 4.78 is 0. The molecule has 0 aromatic carbocycles. The van der Waals surface area contributed by atoms with Crippen LogP contribution >= 0.6 is 11.3 Å². The number of rotatable bonds is 2. The standard InChI is InChI=1S/C16H18N2O2S/c1-11-8-17-9-14(15(11)19)16(20)18-5-2-12(3-6-18)13-4-7-21-10-13/h4,7-10,12H,2-3,5-6H2,1H3,(H,17,19). The van der Waals surface area contributed by atoms with Gasteiger partial charge < -0.3 is 9.88 Å². The number of amides is 1. The van der Waals surface area contributed by atoms with E-state index in [0.29, 0.717) is 24.6 Å². The van der Waals surface area contributed by atoms with Crippen molar-refractivity contribution in [2.75, 3.05) is 13.1 Å². The third-order valence-corrected chi connectivity index (χ3v) is 4.86. The Balaban J connectivity index is 1.71. The van der Waals surface area contributed by atoms with E-state index in [9.17, 15) is 9.59 Å². The van der Waals surface area contributed by atoms with Gasteiger partial charge in [-0.05, 0) is 48.1 Å². The summed E-state index contributed by atoms with van der Waals surface area (Å²) >= 11 is 1.71. The fourth-order valence-electron chi connectivity index (χ4n) is 2.85. The van der Waals surface area contributed by atoms with Crippen molar-refractivity contribution in [3.05, 3.63) is 56.1 Å². The van der Waals surface area contributed by atoms with Crippen LogP contribution in [0.5, 0.6) is 0 Å². The Kier molecular flexibility index (Phi) is 3.92. The van der Waals surface area contributed by atoms with Gasteiger partial charge in [0.05, 0.1) is 0 Å². The average Bonchev–Trinajstić information content (AvgIpc) is 3.04. The molecular formula is C16H18N2O2S. The summed E-state index contributed by atoms with van der Waals surface area (Å²) in [5, 5.41) is 4.28. The zero-order valence-electron chi connectivity index (χ0n) is 12.0. The van der Waals surface area contributed by atoms with Crippen LogP contribution in [0.15, 0.2) is 34.0 Å². The Morgan fingerprint density at radius 1 is 1.33 bits per heavy atom. The zero-order chi connectivity index (χ0) is 14.8. The predicted molar refractivity (Wildman–Crippen MR) is 84.0 cm³/mol. The van der Waals surface area contributed by atoms with Gasteiger partial charge in [0.1, 0.15) is 5.56 Å². The molecule has 5 heteroatoms. The highest BCUT2D eigenvalue weighted by atomic mass is 32.1. The molecule has 0 atom stereocenters. The molecule has 21 heavy (non-hydrogen) atoms. The van der Waals surface area contributed by atoms with Gasteiger partial charge in [-0.1, -0.05) is 0 Å². The molecule has 1 fully saturated rings. The van der Waals surface area contributed by atoms with E-state index in [-0.39, 0.29) is 16.9 Å². The number of pyridine rings is 1. The van der Waals surface area contributed by atoms with Crippen molar-refractivity contribution in [2.45, 2.75) is 25.7 Å². The van der Waals surface area contributed by atoms with Gasteiger partial charge in [-0.3, -0.25) is 9.59 Å². The van der Waals surface area contributed by atoms with Crippen molar-refractivity contribution in [1.82, 2.24) is 9.88 Å². The van der Waals surface area contributed by atoms with Gasteiger partial charge in [0.2, 0.25) is 0 Å². The van der Waals surface area contributed by atoms with Crippen LogP contribution in [0.1, 0.15) is 40.2 Å². The second-order valence-corrected chi connectivity index (χ2v) is 6.28. The van der Waals surface area contributed by atoms with E-state index in [2.05, 4.69) is 21.8 Å². The summed E-state index contributed by atoms with van der Waals surface area (Å²) in [6.07, 6.45) is 5.07. The number of hydrogen-bond acceptors (Lipinski definition) is 3. The Morgan fingerprint density at radius 2 is 2.10 bits per heavy atom. The number of carbonyl (C=O) groups is 1. The Bertz CT molecular complexity index is 683. The normalized spacial score (nSPS) is 16.1. The van der Waals surface area contributed by atoms with E-state index in [1.165, 1.54) is 11.8 Å². The summed E-state index contributed by atoms with van der Waals surface area (Å²) in [5.41, 5.74) is 2.04. The second kappa shape index (κ2) is 5.85. The van der Waals surface area contributed by atoms with E-state index >= 15 is 0 Å². The van der Waals surface area contributed by atoms with Crippen LogP contribution in [-0.2, 0) is 0 Å². The first-order valence-corrected chi connectivity index (χ1v) is 8.10. The highest BCUT2D eigenvalue weighted by Crippen LogP contribution is 2.29. The van der Waals surface area contributed by atoms with Gasteiger partial charge in [-0.25, -0.2) is 0 Å². The number of nitrogens with one attached hydrogen (secondary N) is 1. The molecule has 1 aliphatic heterocycles. The summed E-state index contributed by atoms with van der Waals surface area (Å²) in [5.74, 6) is 0.389. The molecule has 0 bridgehead atoms. The van der Waals surface area contributed by atoms with E-state index in [4.69, 9.17) is 0 Å². The molecule has 0 radical (unpaired) electrons. The van der Waals surface area contributed by atoms with Crippen LogP contribution in [0, 0.1) is 6.92 Å². The number of nitrogens with zero attached hydrogens (tertiary/aromatic N) is 1. The summed E-state index contributed by atoms with van der Waals surface area (Å²) in [6, 6.07) is 2.16. The molecule has 4 nitrogen and oxygen atoms in total. The number of piperidine rings is 1. The molecule has 1 N–H and O–H groups in total. The minimum atomic E-state index is -0.168. The second-order valence-electron chi connectivity index (χ2n) is 5.50. The first kappa shape index (κ1) is 14.1. The largest absolute Gasteiger partial charge is 0.366 e. The van der Waals surface area contributed by atoms with Crippen LogP contribution in [0.3, 0.4) is 0 Å². The summed E-state index contributed by atoms with van der Waals surface area (Å²) in [7, 11) is 0. The smallest absolute Gasteiger partial charge is 0.259 e. The topological polar surface area (TPSA) is 53.2 Å². The number of carbonyl (C=O) groups excluding carboxylic acids is 1. The number of hydrogen-bond donors (Lipinski definition) is 1. The number of H-pyrrole nitrogens is 1. The van der Waals surface area contributed by atoms with Crippen molar-refractivity contribution in [1.29, 1.82) is 0 Å². The number of likely N-dealkylation sites (tertiary alicyclic amines) is 1. The van der Waals surface area contributed by atoms with Crippen molar-refractivity contribution < 1.29 is 4.79 Å². The first-order chi connectivity index (χ1) is 10.2. The molecule has 0 unspecified atom stereocenters. The molecule has 1 amide bonds. The van der Waals surface area contributed by atoms with Gasteiger partial charge in [0.15, 0.2) is 5.43 Å². The van der Waals surface area contributed by atoms with Gasteiger partial charge in [0.25, 0.3) is 5.91 Å². The number of aromatic nitrogens is 1. The van der Waals surface area contributed by atoms with Gasteiger partial charge in [0, 0.05) is 31.0 Å². The lowest BCUT2D eigenvalue weighted by Gasteiger charge is -2.31. The average molecular weight is 302 g/mol. The monoisotopic (exact) mass is 302 g/mol. The quantitative estimate of drug-likeness (QED) is 0.927. The van der Waals surface area contributed by atoms with Crippen LogP contribution in [-0.4, -0.2) is 28.9 Å². The molecule has 3 heterocycles. The minimum absolute atomic E-state index is 0.149. The van der Waals surface area contributed by atoms with E-state index in [1.54, 1.807) is 29.4 Å². The zero-order valence-corrected chi connectivity index (χ0v) is 12.8. The molecule has 1 aliphatic rings. The molecule has 0 spiro atoms. The van der Waals surface area contributed by atoms with Crippen LogP contribution in [0.2, 0.25) is 0 Å². The lowest BCUT2D eigenvalue weighted by atomic mass is 9.91. The fraction of sp³-hybridized carbons (Fsp3) is 0.375. The lowest BCUT2D eigenvalue weighted by molar-refractivity contribution is 0.0711. The maximum Gasteiger partial charge on any atom is 0.259 e. The molecule has 0 saturated carbocycles. The third kappa shape index (κ3) is 2.78. The maximum atomic E-state index is 12.5. The Morgan fingerprint density at radius 3 is 2.76 bits per heavy atom. The van der Waals surface area contributed by atoms with E-state index in [1.807, 2.05) is 0 Å². The number of aryl methyl sites for hydroxylation is 1. The molecule has 2 aromatic heterocycles. The third-order valence-electron chi connectivity index (χ3n) is 4.16. The van der Waals surface area contributed by atoms with Crippen LogP contribution in [0.4, 0.5) is 0 Å². The molecule has 110 valence electrons. The number of aromatic amines is 1. The van der Waals surface area contributed by atoms with Crippen molar-refractivity contribution in [2.24, 2.45) is 0 Å². The molecule has 0 aliphatic carbocycles. The fourth-order valence-corrected chi connectivity index (χ4v) is 3.59. The SMILES string of the molecule is Cc1c[nH]cc(C(=O)N2CCC(c3ccsc3)CC2)c1=O. The predicted octanol–water partition coefficient (Wildman–Crippen LogP) is 2.76. The highest BCUT2D eigenvalue weighted by Gasteiger charge is 2.26. The first-order valence-electron chi connectivity index (χ1n) is 7.16. The van der Waals surface area contributed by atoms with Crippen molar-refractivity contribution in [3.8, 4) is 0 Å². The molecule has 1 saturated heterocycles. The van der Waals surface area contributed by atoms with Crippen LogP contribution < -0.4 is 5.43 Å². The van der Waals surface area contributed by atoms with Crippen molar-refractivity contribution in [3.63, 3.8) is 0 Å². The van der Waals surface area contributed by atoms with Crippen LogP contribution in [0.25, 0.3) is 0 Å². The van der Waals surface area contributed by atoms with E-state index in [0.717, 1.165) is 12.8 Å². The van der Waals surface area contributed by atoms with Gasteiger partial charge in [-0.2, -0.15) is 11.3 Å². The highest BCUT2D eigenvalue weighted by molar-refractivity contribution is 7.07. The minimum Gasteiger partial charge on any atom is -0.366 e. The Hall–Kier alpha value is -1.88. The summed E-state index contributed by atoms with van der Waals surface area (Å²) in [6.45, 7) is 3.15. The molecule has 2 aromatic rings. The Labute approximate surface area is 127 Å². The summed E-state index contributed by atoms with van der Waals surface area (Å²) in [4.78, 5) is 29.2. The number of thiophene rings is 1. The molecule has 3 rings (SSSR count). The van der Waals surface area contributed by atoms with Crippen molar-refractivity contribution >= 4 is 17.2 Å². The van der Waals surface area contributed by atoms with Gasteiger partial charge >= 0.3 is 0 Å².